The zero-order chi connectivity index (χ0) is 20.7. The molecule has 4 saturated carbocycles. The Bertz CT molecular complexity index is 718. The van der Waals surface area contributed by atoms with Gasteiger partial charge in [-0.3, -0.25) is 4.79 Å². The number of hydrogen-bond donors (Lipinski definition) is 2. The number of nitrogens with zero attached hydrogens (tertiary/aromatic N) is 2. The SMILES string of the molecule is CCN1CCN(c2ccc(N[C@H](C)C(=O)NC34CC5CC(CC(C5)C3)C4)cc2)CC1. The summed E-state index contributed by atoms with van der Waals surface area (Å²) in [5, 5.41) is 6.93. The highest BCUT2D eigenvalue weighted by molar-refractivity contribution is 5.85. The van der Waals surface area contributed by atoms with E-state index in [-0.39, 0.29) is 17.5 Å². The number of anilines is 2. The molecule has 0 unspecified atom stereocenters. The van der Waals surface area contributed by atoms with Gasteiger partial charge in [0.2, 0.25) is 5.91 Å². The largest absolute Gasteiger partial charge is 0.374 e. The van der Waals surface area contributed by atoms with Crippen molar-refractivity contribution in [3.8, 4) is 0 Å². The second kappa shape index (κ2) is 8.07. The highest BCUT2D eigenvalue weighted by Gasteiger charge is 2.51. The van der Waals surface area contributed by atoms with Gasteiger partial charge in [-0.2, -0.15) is 0 Å². The van der Waals surface area contributed by atoms with Crippen molar-refractivity contribution in [1.82, 2.24) is 10.2 Å². The van der Waals surface area contributed by atoms with Crippen molar-refractivity contribution in [1.29, 1.82) is 0 Å². The van der Waals surface area contributed by atoms with Crippen molar-refractivity contribution in [3.05, 3.63) is 24.3 Å². The number of benzene rings is 1. The maximum atomic E-state index is 13.0. The van der Waals surface area contributed by atoms with E-state index in [0.29, 0.717) is 0 Å². The third kappa shape index (κ3) is 4.05. The van der Waals surface area contributed by atoms with E-state index in [1.807, 2.05) is 6.92 Å². The predicted molar refractivity (Wildman–Crippen MR) is 123 cm³/mol. The molecule has 0 radical (unpaired) electrons. The fourth-order valence-corrected chi connectivity index (χ4v) is 7.04. The quantitative estimate of drug-likeness (QED) is 0.751. The van der Waals surface area contributed by atoms with E-state index in [2.05, 4.69) is 51.6 Å². The zero-order valence-corrected chi connectivity index (χ0v) is 18.7. The van der Waals surface area contributed by atoms with Crippen LogP contribution in [0.4, 0.5) is 11.4 Å². The lowest BCUT2D eigenvalue weighted by Crippen LogP contribution is -2.61. The van der Waals surface area contributed by atoms with Gasteiger partial charge in [0.05, 0.1) is 0 Å². The summed E-state index contributed by atoms with van der Waals surface area (Å²) in [4.78, 5) is 18.0. The highest BCUT2D eigenvalue weighted by Crippen LogP contribution is 2.55. The van der Waals surface area contributed by atoms with Gasteiger partial charge in [-0.25, -0.2) is 0 Å². The summed E-state index contributed by atoms with van der Waals surface area (Å²) in [5.74, 6) is 2.72. The van der Waals surface area contributed by atoms with E-state index in [1.165, 1.54) is 44.2 Å². The van der Waals surface area contributed by atoms with Gasteiger partial charge in [0.15, 0.2) is 0 Å². The van der Waals surface area contributed by atoms with E-state index < -0.39 is 0 Å². The molecule has 5 aliphatic rings. The zero-order valence-electron chi connectivity index (χ0n) is 18.7. The van der Waals surface area contributed by atoms with Crippen LogP contribution in [0.15, 0.2) is 24.3 Å². The van der Waals surface area contributed by atoms with Crippen molar-refractivity contribution in [3.63, 3.8) is 0 Å². The van der Waals surface area contributed by atoms with Crippen molar-refractivity contribution in [2.45, 2.75) is 64.0 Å². The predicted octanol–water partition coefficient (Wildman–Crippen LogP) is 3.71. The molecule has 1 heterocycles. The number of carbonyl (C=O) groups excluding carboxylic acids is 1. The summed E-state index contributed by atoms with van der Waals surface area (Å²) in [6.45, 7) is 9.81. The molecule has 1 atom stereocenters. The molecule has 0 spiro atoms. The summed E-state index contributed by atoms with van der Waals surface area (Å²) in [6, 6.07) is 8.41. The number of rotatable bonds is 6. The average Bonchev–Trinajstić information content (AvgIpc) is 2.73. The fraction of sp³-hybridized carbons (Fsp3) is 0.720. The van der Waals surface area contributed by atoms with Gasteiger partial charge in [0, 0.05) is 43.1 Å². The monoisotopic (exact) mass is 410 g/mol. The lowest BCUT2D eigenvalue weighted by atomic mass is 9.53. The Morgan fingerprint density at radius 2 is 1.57 bits per heavy atom. The Labute approximate surface area is 181 Å². The van der Waals surface area contributed by atoms with Crippen LogP contribution in [0.1, 0.15) is 52.4 Å². The van der Waals surface area contributed by atoms with E-state index in [1.54, 1.807) is 0 Å². The van der Waals surface area contributed by atoms with E-state index in [9.17, 15) is 4.79 Å². The maximum absolute atomic E-state index is 13.0. The molecule has 5 fully saturated rings. The first-order valence-corrected chi connectivity index (χ1v) is 12.2. The Morgan fingerprint density at radius 3 is 2.10 bits per heavy atom. The third-order valence-electron chi connectivity index (χ3n) is 8.26. The van der Waals surface area contributed by atoms with E-state index >= 15 is 0 Å². The van der Waals surface area contributed by atoms with Gasteiger partial charge >= 0.3 is 0 Å². The molecule has 1 saturated heterocycles. The summed E-state index contributed by atoms with van der Waals surface area (Å²) in [6.07, 6.45) is 7.83. The number of amides is 1. The average molecular weight is 411 g/mol. The highest BCUT2D eigenvalue weighted by atomic mass is 16.2. The van der Waals surface area contributed by atoms with Crippen molar-refractivity contribution in [2.75, 3.05) is 42.9 Å². The topological polar surface area (TPSA) is 47.6 Å². The van der Waals surface area contributed by atoms with Gasteiger partial charge in [-0.15, -0.1) is 0 Å². The Morgan fingerprint density at radius 1 is 1.00 bits per heavy atom. The van der Waals surface area contributed by atoms with Crippen LogP contribution in [0.2, 0.25) is 0 Å². The number of likely N-dealkylation sites (N-methyl/N-ethyl adjacent to an activating group) is 1. The number of piperazine rings is 1. The van der Waals surface area contributed by atoms with Crippen LogP contribution < -0.4 is 15.5 Å². The van der Waals surface area contributed by atoms with Gasteiger partial charge in [0.25, 0.3) is 0 Å². The Hall–Kier alpha value is -1.75. The molecule has 30 heavy (non-hydrogen) atoms. The minimum absolute atomic E-state index is 0.0895. The number of nitrogens with one attached hydrogen (secondary N) is 2. The van der Waals surface area contributed by atoms with E-state index in [0.717, 1.165) is 56.2 Å². The molecule has 164 valence electrons. The molecule has 4 bridgehead atoms. The lowest BCUT2D eigenvalue weighted by Gasteiger charge is -2.57. The molecule has 1 aromatic rings. The first-order chi connectivity index (χ1) is 14.5. The van der Waals surface area contributed by atoms with Crippen LogP contribution >= 0.6 is 0 Å². The van der Waals surface area contributed by atoms with Crippen LogP contribution in [0, 0.1) is 17.8 Å². The van der Waals surface area contributed by atoms with Crippen LogP contribution in [-0.4, -0.2) is 55.1 Å². The van der Waals surface area contributed by atoms with Gasteiger partial charge in [0.1, 0.15) is 6.04 Å². The van der Waals surface area contributed by atoms with E-state index in [4.69, 9.17) is 0 Å². The van der Waals surface area contributed by atoms with Crippen LogP contribution in [0.3, 0.4) is 0 Å². The molecule has 2 N–H and O–H groups in total. The summed E-state index contributed by atoms with van der Waals surface area (Å²) in [7, 11) is 0. The van der Waals surface area contributed by atoms with Crippen molar-refractivity contribution >= 4 is 17.3 Å². The smallest absolute Gasteiger partial charge is 0.242 e. The number of carbonyl (C=O) groups is 1. The standard InChI is InChI=1S/C25H38N4O/c1-3-28-8-10-29(11-9-28)23-6-4-22(5-7-23)26-18(2)24(30)27-25-15-19-12-20(16-25)14-21(13-19)17-25/h4-7,18-21,26H,3,8-17H2,1-2H3,(H,27,30)/t18-,19?,20?,21?,25?/m1/s1. The van der Waals surface area contributed by atoms with Crippen molar-refractivity contribution in [2.24, 2.45) is 17.8 Å². The van der Waals surface area contributed by atoms with Gasteiger partial charge in [-0.05, 0) is 94.0 Å². The normalized spacial score (nSPS) is 34.1. The number of hydrogen-bond acceptors (Lipinski definition) is 4. The molecular weight excluding hydrogens is 372 g/mol. The first-order valence-electron chi connectivity index (χ1n) is 12.2. The molecular formula is C25H38N4O. The molecule has 4 aliphatic carbocycles. The molecule has 0 aromatic heterocycles. The summed E-state index contributed by atoms with van der Waals surface area (Å²) >= 11 is 0. The maximum Gasteiger partial charge on any atom is 0.242 e. The minimum Gasteiger partial charge on any atom is -0.374 e. The molecule has 1 aliphatic heterocycles. The first kappa shape index (κ1) is 20.2. The van der Waals surface area contributed by atoms with Crippen LogP contribution in [0.5, 0.6) is 0 Å². The van der Waals surface area contributed by atoms with Gasteiger partial charge < -0.3 is 20.4 Å². The Kier molecular flexibility index (Phi) is 5.42. The Balaban J connectivity index is 1.16. The second-order valence-corrected chi connectivity index (χ2v) is 10.5. The second-order valence-electron chi connectivity index (χ2n) is 10.5. The molecule has 6 rings (SSSR count). The summed E-state index contributed by atoms with van der Waals surface area (Å²) in [5.41, 5.74) is 2.40. The molecule has 5 nitrogen and oxygen atoms in total. The minimum atomic E-state index is -0.211. The summed E-state index contributed by atoms with van der Waals surface area (Å²) < 4.78 is 0. The molecule has 1 aromatic carbocycles. The van der Waals surface area contributed by atoms with Crippen LogP contribution in [0.25, 0.3) is 0 Å². The fourth-order valence-electron chi connectivity index (χ4n) is 7.04. The molecule has 5 heteroatoms. The molecule has 1 amide bonds. The van der Waals surface area contributed by atoms with Crippen molar-refractivity contribution < 1.29 is 4.79 Å². The van der Waals surface area contributed by atoms with Crippen LogP contribution in [-0.2, 0) is 4.79 Å². The van der Waals surface area contributed by atoms with Gasteiger partial charge in [-0.1, -0.05) is 6.92 Å². The third-order valence-corrected chi connectivity index (χ3v) is 8.26. The lowest BCUT2D eigenvalue weighted by molar-refractivity contribution is -0.127.